The maximum absolute atomic E-state index is 12.4. The van der Waals surface area contributed by atoms with Gasteiger partial charge in [0.15, 0.2) is 0 Å². The van der Waals surface area contributed by atoms with Crippen molar-refractivity contribution in [2.75, 3.05) is 12.4 Å². The van der Waals surface area contributed by atoms with E-state index in [-0.39, 0.29) is 12.3 Å². The molecular weight excluding hydrogens is 426 g/mol. The van der Waals surface area contributed by atoms with Crippen molar-refractivity contribution in [3.05, 3.63) is 94.7 Å². The summed E-state index contributed by atoms with van der Waals surface area (Å²) < 4.78 is 16.6. The number of rotatable bonds is 7. The summed E-state index contributed by atoms with van der Waals surface area (Å²) in [5.41, 5.74) is 1.78. The molecule has 3 aromatic carbocycles. The summed E-state index contributed by atoms with van der Waals surface area (Å²) in [4.78, 5) is 27.1. The van der Waals surface area contributed by atoms with E-state index in [2.05, 4.69) is 10.3 Å². The number of non-ortho nitro benzene ring substituents is 1. The zero-order valence-corrected chi connectivity index (χ0v) is 17.6. The van der Waals surface area contributed by atoms with Crippen LogP contribution in [-0.4, -0.2) is 23.1 Å². The number of carbonyl (C=O) groups is 1. The summed E-state index contributed by atoms with van der Waals surface area (Å²) in [5.74, 6) is 1.28. The van der Waals surface area contributed by atoms with E-state index >= 15 is 0 Å². The van der Waals surface area contributed by atoms with Gasteiger partial charge in [-0.1, -0.05) is 30.3 Å². The van der Waals surface area contributed by atoms with Crippen molar-refractivity contribution in [1.29, 1.82) is 0 Å². The van der Waals surface area contributed by atoms with E-state index in [4.69, 9.17) is 14.2 Å². The Morgan fingerprint density at radius 3 is 2.48 bits per heavy atom. The number of ether oxygens (including phenoxy) is 3. The molecule has 0 saturated carbocycles. The van der Waals surface area contributed by atoms with Gasteiger partial charge in [-0.15, -0.1) is 0 Å². The Labute approximate surface area is 188 Å². The monoisotopic (exact) mass is 445 g/mol. The highest BCUT2D eigenvalue weighted by Crippen LogP contribution is 2.36. The summed E-state index contributed by atoms with van der Waals surface area (Å²) in [6.45, 7) is 0.124. The van der Waals surface area contributed by atoms with Crippen molar-refractivity contribution in [1.82, 2.24) is 4.98 Å². The minimum Gasteiger partial charge on any atom is -0.494 e. The number of anilines is 1. The molecule has 0 saturated heterocycles. The second-order valence-corrected chi connectivity index (χ2v) is 6.92. The Morgan fingerprint density at radius 1 is 1.03 bits per heavy atom. The number of nitro benzene ring substituents is 1. The van der Waals surface area contributed by atoms with E-state index in [1.165, 1.54) is 31.4 Å². The summed E-state index contributed by atoms with van der Waals surface area (Å²) in [6.07, 6.45) is 0.933. The highest BCUT2D eigenvalue weighted by atomic mass is 16.6. The van der Waals surface area contributed by atoms with Gasteiger partial charge >= 0.3 is 6.09 Å². The molecule has 0 aliphatic rings. The first kappa shape index (κ1) is 21.6. The van der Waals surface area contributed by atoms with E-state index in [1.54, 1.807) is 24.4 Å². The third-order valence-electron chi connectivity index (χ3n) is 4.75. The van der Waals surface area contributed by atoms with Gasteiger partial charge in [0.25, 0.3) is 5.69 Å². The van der Waals surface area contributed by atoms with E-state index in [0.29, 0.717) is 33.8 Å². The largest absolute Gasteiger partial charge is 0.494 e. The van der Waals surface area contributed by atoms with Gasteiger partial charge in [0.2, 0.25) is 0 Å². The molecule has 166 valence electrons. The van der Waals surface area contributed by atoms with Gasteiger partial charge < -0.3 is 14.2 Å². The smallest absolute Gasteiger partial charge is 0.412 e. The van der Waals surface area contributed by atoms with Crippen molar-refractivity contribution >= 4 is 28.4 Å². The number of amides is 1. The minimum absolute atomic E-state index is 0.0350. The van der Waals surface area contributed by atoms with E-state index in [0.717, 1.165) is 5.56 Å². The highest BCUT2D eigenvalue weighted by molar-refractivity contribution is 5.95. The Kier molecular flexibility index (Phi) is 6.31. The number of carbonyl (C=O) groups excluding carboxylic acids is 1. The second kappa shape index (κ2) is 9.65. The first-order valence-corrected chi connectivity index (χ1v) is 9.90. The lowest BCUT2D eigenvalue weighted by atomic mass is 10.1. The lowest BCUT2D eigenvalue weighted by Crippen LogP contribution is -2.14. The van der Waals surface area contributed by atoms with Crippen molar-refractivity contribution < 1.29 is 23.9 Å². The Balaban J connectivity index is 1.57. The van der Waals surface area contributed by atoms with Gasteiger partial charge in [0, 0.05) is 29.8 Å². The zero-order valence-electron chi connectivity index (χ0n) is 17.6. The fraction of sp³-hybridized carbons (Fsp3) is 0.0833. The molecule has 1 heterocycles. The maximum atomic E-state index is 12.4. The molecule has 9 heteroatoms. The first-order valence-electron chi connectivity index (χ1n) is 9.90. The zero-order chi connectivity index (χ0) is 23.2. The average molecular weight is 445 g/mol. The third kappa shape index (κ3) is 5.16. The molecule has 1 N–H and O–H groups in total. The molecule has 0 aliphatic carbocycles. The minimum atomic E-state index is -0.641. The van der Waals surface area contributed by atoms with Crippen LogP contribution in [0, 0.1) is 10.1 Å². The van der Waals surface area contributed by atoms with Crippen molar-refractivity contribution in [2.45, 2.75) is 6.61 Å². The van der Waals surface area contributed by atoms with Crippen molar-refractivity contribution in [3.8, 4) is 17.2 Å². The standard InChI is InChI=1S/C24H19N3O6/c1-31-23-14-20-19(13-21(23)26-24(28)32-15-16-5-3-2-4-6-16)22(11-12-25-20)33-18-9-7-17(8-10-18)27(29)30/h2-14H,15H2,1H3,(H,26,28). The molecule has 0 unspecified atom stereocenters. The van der Waals surface area contributed by atoms with Gasteiger partial charge in [0.1, 0.15) is 23.9 Å². The first-order chi connectivity index (χ1) is 16.0. The molecule has 0 bridgehead atoms. The van der Waals surface area contributed by atoms with Gasteiger partial charge in [-0.05, 0) is 29.8 Å². The van der Waals surface area contributed by atoms with Gasteiger partial charge in [0.05, 0.1) is 23.2 Å². The van der Waals surface area contributed by atoms with Crippen LogP contribution in [0.15, 0.2) is 79.0 Å². The van der Waals surface area contributed by atoms with E-state index in [9.17, 15) is 14.9 Å². The molecule has 9 nitrogen and oxygen atoms in total. The lowest BCUT2D eigenvalue weighted by Gasteiger charge is -2.14. The van der Waals surface area contributed by atoms with Gasteiger partial charge in [-0.3, -0.25) is 20.4 Å². The number of fused-ring (bicyclic) bond motifs is 1. The normalized spacial score (nSPS) is 10.5. The van der Waals surface area contributed by atoms with Crippen LogP contribution in [0.2, 0.25) is 0 Å². The van der Waals surface area contributed by atoms with Crippen molar-refractivity contribution in [3.63, 3.8) is 0 Å². The Bertz CT molecular complexity index is 1290. The Hall–Kier alpha value is -4.66. The van der Waals surface area contributed by atoms with Crippen LogP contribution >= 0.6 is 0 Å². The van der Waals surface area contributed by atoms with Gasteiger partial charge in [-0.2, -0.15) is 0 Å². The summed E-state index contributed by atoms with van der Waals surface area (Å²) in [5, 5.41) is 14.2. The van der Waals surface area contributed by atoms with Crippen LogP contribution < -0.4 is 14.8 Å². The predicted octanol–water partition coefficient (Wildman–Crippen LogP) is 5.69. The second-order valence-electron chi connectivity index (χ2n) is 6.92. The molecule has 33 heavy (non-hydrogen) atoms. The molecule has 4 rings (SSSR count). The summed E-state index contributed by atoms with van der Waals surface area (Å²) >= 11 is 0. The summed E-state index contributed by atoms with van der Waals surface area (Å²) in [7, 11) is 1.48. The van der Waals surface area contributed by atoms with E-state index in [1.807, 2.05) is 30.3 Å². The fourth-order valence-electron chi connectivity index (χ4n) is 3.14. The number of pyridine rings is 1. The maximum Gasteiger partial charge on any atom is 0.412 e. The average Bonchev–Trinajstić information content (AvgIpc) is 2.83. The molecule has 0 fully saturated rings. The lowest BCUT2D eigenvalue weighted by molar-refractivity contribution is -0.384. The highest BCUT2D eigenvalue weighted by Gasteiger charge is 2.14. The Morgan fingerprint density at radius 2 is 1.79 bits per heavy atom. The number of hydrogen-bond acceptors (Lipinski definition) is 7. The molecular formula is C24H19N3O6. The van der Waals surface area contributed by atoms with Gasteiger partial charge in [-0.25, -0.2) is 4.79 Å². The van der Waals surface area contributed by atoms with Crippen LogP contribution in [0.1, 0.15) is 5.56 Å². The molecule has 1 amide bonds. The van der Waals surface area contributed by atoms with Crippen LogP contribution in [0.3, 0.4) is 0 Å². The van der Waals surface area contributed by atoms with Crippen LogP contribution in [-0.2, 0) is 11.3 Å². The number of benzene rings is 3. The van der Waals surface area contributed by atoms with E-state index < -0.39 is 11.0 Å². The van der Waals surface area contributed by atoms with Crippen LogP contribution in [0.4, 0.5) is 16.2 Å². The number of methoxy groups -OCH3 is 1. The predicted molar refractivity (Wildman–Crippen MR) is 122 cm³/mol. The van der Waals surface area contributed by atoms with Crippen LogP contribution in [0.5, 0.6) is 17.2 Å². The number of nitro groups is 1. The summed E-state index contributed by atoms with van der Waals surface area (Å²) in [6, 6.07) is 20.1. The number of nitrogens with zero attached hydrogens (tertiary/aromatic N) is 2. The SMILES string of the molecule is COc1cc2nccc(Oc3ccc([N+](=O)[O-])cc3)c2cc1NC(=O)OCc1ccccc1. The topological polar surface area (TPSA) is 113 Å². The molecule has 0 atom stereocenters. The number of aromatic nitrogens is 1. The molecule has 0 radical (unpaired) electrons. The fourth-order valence-corrected chi connectivity index (χ4v) is 3.14. The number of hydrogen-bond donors (Lipinski definition) is 1. The third-order valence-corrected chi connectivity index (χ3v) is 4.75. The molecule has 0 aliphatic heterocycles. The van der Waals surface area contributed by atoms with Crippen molar-refractivity contribution in [2.24, 2.45) is 0 Å². The quantitative estimate of drug-likeness (QED) is 0.287. The molecule has 0 spiro atoms. The molecule has 1 aromatic heterocycles. The molecule has 4 aromatic rings. The van der Waals surface area contributed by atoms with Crippen LogP contribution in [0.25, 0.3) is 10.9 Å². The number of nitrogens with one attached hydrogen (secondary N) is 1.